The standard InChI is InChI=1S/C14H16N5O5P/c15-14-10-2-12-13(3-11(10)16-6-17-14)19(7-18-12)8-1-9(23-4-8)5-24-25(20,21)22/h2-3,6-9H,1,4-5H2,(H2,15,16,17)(H2,20,21,22)/t8-,9-/m0/s1. The molecular weight excluding hydrogens is 349 g/mol. The number of nitrogens with zero attached hydrogens (tertiary/aromatic N) is 4. The highest BCUT2D eigenvalue weighted by Gasteiger charge is 2.30. The predicted octanol–water partition coefficient (Wildman–Crippen LogP) is 1.00. The Hall–Kier alpha value is -2.10. The Kier molecular flexibility index (Phi) is 3.94. The Labute approximate surface area is 141 Å². The molecule has 0 unspecified atom stereocenters. The first-order valence-corrected chi connectivity index (χ1v) is 9.12. The van der Waals surface area contributed by atoms with E-state index in [-0.39, 0.29) is 18.8 Å². The minimum absolute atomic E-state index is 0.00740. The van der Waals surface area contributed by atoms with Crippen molar-refractivity contribution in [2.45, 2.75) is 18.6 Å². The zero-order chi connectivity index (χ0) is 17.6. The number of ether oxygens (including phenoxy) is 1. The summed E-state index contributed by atoms with van der Waals surface area (Å²) in [5.74, 6) is 0.403. The fraction of sp³-hybridized carbons (Fsp3) is 0.357. The zero-order valence-electron chi connectivity index (χ0n) is 13.0. The molecule has 0 saturated carbocycles. The van der Waals surface area contributed by atoms with Crippen molar-refractivity contribution in [3.8, 4) is 0 Å². The Bertz CT molecular complexity index is 986. The summed E-state index contributed by atoms with van der Waals surface area (Å²) in [6.45, 7) is 0.255. The number of phosphoric ester groups is 1. The number of aromatic nitrogens is 4. The van der Waals surface area contributed by atoms with Gasteiger partial charge in [0.05, 0.1) is 48.2 Å². The molecule has 0 amide bonds. The van der Waals surface area contributed by atoms with Crippen LogP contribution in [-0.2, 0) is 13.8 Å². The number of imidazole rings is 1. The summed E-state index contributed by atoms with van der Waals surface area (Å²) < 4.78 is 22.9. The molecule has 1 aliphatic heterocycles. The molecule has 10 nitrogen and oxygen atoms in total. The number of benzene rings is 1. The summed E-state index contributed by atoms with van der Waals surface area (Å²) in [5, 5.41) is 0.746. The number of anilines is 1. The molecule has 4 N–H and O–H groups in total. The number of hydrogen-bond acceptors (Lipinski definition) is 7. The van der Waals surface area contributed by atoms with E-state index < -0.39 is 7.82 Å². The average Bonchev–Trinajstić information content (AvgIpc) is 3.17. The van der Waals surface area contributed by atoms with Gasteiger partial charge in [-0.05, 0) is 18.6 Å². The van der Waals surface area contributed by atoms with Crippen LogP contribution in [0.25, 0.3) is 21.9 Å². The molecular formula is C14H16N5O5P. The molecule has 25 heavy (non-hydrogen) atoms. The molecule has 3 aromatic rings. The number of hydrogen-bond donors (Lipinski definition) is 3. The van der Waals surface area contributed by atoms with Gasteiger partial charge in [-0.1, -0.05) is 0 Å². The third-order valence-corrected chi connectivity index (χ3v) is 4.73. The summed E-state index contributed by atoms with van der Waals surface area (Å²) in [6.07, 6.45) is 3.31. The first kappa shape index (κ1) is 16.4. The second-order valence-corrected chi connectivity index (χ2v) is 7.14. The highest BCUT2D eigenvalue weighted by molar-refractivity contribution is 7.46. The minimum Gasteiger partial charge on any atom is -0.383 e. The second-order valence-electron chi connectivity index (χ2n) is 5.90. The number of phosphoric acid groups is 1. The van der Waals surface area contributed by atoms with E-state index in [4.69, 9.17) is 20.3 Å². The van der Waals surface area contributed by atoms with Crippen molar-refractivity contribution in [1.29, 1.82) is 0 Å². The summed E-state index contributed by atoms with van der Waals surface area (Å²) in [7, 11) is -4.49. The predicted molar refractivity (Wildman–Crippen MR) is 88.6 cm³/mol. The fourth-order valence-electron chi connectivity index (χ4n) is 3.07. The lowest BCUT2D eigenvalue weighted by Gasteiger charge is -2.12. The SMILES string of the molecule is Nc1ncnc2cc3c(cc12)ncn3[C@@H]1CO[C@H](COP(=O)(O)O)C1. The highest BCUT2D eigenvalue weighted by atomic mass is 31.2. The lowest BCUT2D eigenvalue weighted by atomic mass is 10.1. The fourth-order valence-corrected chi connectivity index (χ4v) is 3.43. The molecule has 1 aliphatic rings. The van der Waals surface area contributed by atoms with Crippen molar-refractivity contribution in [2.75, 3.05) is 18.9 Å². The normalized spacial score (nSPS) is 21.4. The quantitative estimate of drug-likeness (QED) is 0.576. The van der Waals surface area contributed by atoms with E-state index in [1.54, 1.807) is 6.33 Å². The molecule has 1 aromatic carbocycles. The molecule has 2 aromatic heterocycles. The topological polar surface area (TPSA) is 146 Å². The van der Waals surface area contributed by atoms with E-state index in [0.29, 0.717) is 18.8 Å². The van der Waals surface area contributed by atoms with Crippen LogP contribution in [0.5, 0.6) is 0 Å². The van der Waals surface area contributed by atoms with Crippen LogP contribution in [0.1, 0.15) is 12.5 Å². The van der Waals surface area contributed by atoms with Crippen LogP contribution in [0.2, 0.25) is 0 Å². The lowest BCUT2D eigenvalue weighted by molar-refractivity contribution is 0.0534. The van der Waals surface area contributed by atoms with Gasteiger partial charge in [-0.25, -0.2) is 19.5 Å². The van der Waals surface area contributed by atoms with Gasteiger partial charge in [0.25, 0.3) is 0 Å². The van der Waals surface area contributed by atoms with Gasteiger partial charge in [-0.15, -0.1) is 0 Å². The molecule has 0 bridgehead atoms. The number of rotatable bonds is 4. The molecule has 0 spiro atoms. The first-order chi connectivity index (χ1) is 11.9. The monoisotopic (exact) mass is 365 g/mol. The molecule has 0 radical (unpaired) electrons. The van der Waals surface area contributed by atoms with Crippen LogP contribution in [0.15, 0.2) is 24.8 Å². The molecule has 2 atom stereocenters. The Balaban J connectivity index is 1.61. The van der Waals surface area contributed by atoms with Crippen molar-refractivity contribution in [2.24, 2.45) is 0 Å². The molecule has 0 aliphatic carbocycles. The van der Waals surface area contributed by atoms with Crippen molar-refractivity contribution >= 4 is 35.6 Å². The van der Waals surface area contributed by atoms with Crippen LogP contribution >= 0.6 is 7.82 Å². The van der Waals surface area contributed by atoms with E-state index in [0.717, 1.165) is 21.9 Å². The maximum absolute atomic E-state index is 10.8. The van der Waals surface area contributed by atoms with E-state index in [1.165, 1.54) is 6.33 Å². The summed E-state index contributed by atoms with van der Waals surface area (Å²) in [5.41, 5.74) is 8.26. The van der Waals surface area contributed by atoms with E-state index in [1.807, 2.05) is 16.7 Å². The molecule has 11 heteroatoms. The van der Waals surface area contributed by atoms with Crippen LogP contribution in [0.4, 0.5) is 5.82 Å². The zero-order valence-corrected chi connectivity index (χ0v) is 13.9. The van der Waals surface area contributed by atoms with Gasteiger partial charge < -0.3 is 24.8 Å². The van der Waals surface area contributed by atoms with Gasteiger partial charge in [-0.2, -0.15) is 0 Å². The average molecular weight is 365 g/mol. The van der Waals surface area contributed by atoms with Gasteiger partial charge >= 0.3 is 7.82 Å². The lowest BCUT2D eigenvalue weighted by Crippen LogP contribution is -2.13. The maximum Gasteiger partial charge on any atom is 0.469 e. The highest BCUT2D eigenvalue weighted by Crippen LogP contribution is 2.38. The summed E-state index contributed by atoms with van der Waals surface area (Å²) in [6, 6.07) is 3.74. The molecule has 3 heterocycles. The van der Waals surface area contributed by atoms with Crippen LogP contribution in [-0.4, -0.2) is 48.6 Å². The third kappa shape index (κ3) is 3.22. The van der Waals surface area contributed by atoms with Crippen molar-refractivity contribution < 1.29 is 23.6 Å². The second kappa shape index (κ2) is 6.01. The third-order valence-electron chi connectivity index (χ3n) is 4.24. The molecule has 1 saturated heterocycles. The van der Waals surface area contributed by atoms with Crippen LogP contribution in [0, 0.1) is 0 Å². The van der Waals surface area contributed by atoms with E-state index in [9.17, 15) is 4.57 Å². The van der Waals surface area contributed by atoms with E-state index in [2.05, 4.69) is 19.5 Å². The van der Waals surface area contributed by atoms with Gasteiger partial charge in [-0.3, -0.25) is 4.52 Å². The Morgan fingerprint density at radius 1 is 1.32 bits per heavy atom. The number of nitrogens with two attached hydrogens (primary N) is 1. The minimum atomic E-state index is -4.49. The summed E-state index contributed by atoms with van der Waals surface area (Å²) >= 11 is 0. The van der Waals surface area contributed by atoms with Crippen molar-refractivity contribution in [1.82, 2.24) is 19.5 Å². The molecule has 1 fully saturated rings. The molecule has 132 valence electrons. The van der Waals surface area contributed by atoms with Gasteiger partial charge in [0, 0.05) is 5.39 Å². The first-order valence-electron chi connectivity index (χ1n) is 7.59. The Morgan fingerprint density at radius 2 is 2.16 bits per heavy atom. The van der Waals surface area contributed by atoms with Crippen molar-refractivity contribution in [3.05, 3.63) is 24.8 Å². The Morgan fingerprint density at radius 3 is 2.96 bits per heavy atom. The van der Waals surface area contributed by atoms with Crippen molar-refractivity contribution in [3.63, 3.8) is 0 Å². The smallest absolute Gasteiger partial charge is 0.383 e. The van der Waals surface area contributed by atoms with Crippen LogP contribution in [0.3, 0.4) is 0 Å². The summed E-state index contributed by atoms with van der Waals surface area (Å²) in [4.78, 5) is 30.2. The van der Waals surface area contributed by atoms with Gasteiger partial charge in [0.15, 0.2) is 0 Å². The molecule has 4 rings (SSSR count). The largest absolute Gasteiger partial charge is 0.469 e. The number of nitrogen functional groups attached to an aromatic ring is 1. The number of fused-ring (bicyclic) bond motifs is 2. The van der Waals surface area contributed by atoms with Gasteiger partial charge in [0.1, 0.15) is 12.1 Å². The maximum atomic E-state index is 10.8. The van der Waals surface area contributed by atoms with Crippen LogP contribution < -0.4 is 5.73 Å². The van der Waals surface area contributed by atoms with Gasteiger partial charge in [0.2, 0.25) is 0 Å². The van der Waals surface area contributed by atoms with E-state index >= 15 is 0 Å².